The molecule has 0 spiro atoms. The number of nitrogens with zero attached hydrogens (tertiary/aromatic N) is 1. The summed E-state index contributed by atoms with van der Waals surface area (Å²) in [4.78, 5) is 0. The Morgan fingerprint density at radius 2 is 2.11 bits per heavy atom. The van der Waals surface area contributed by atoms with E-state index < -0.39 is 10.2 Å². The third-order valence-electron chi connectivity index (χ3n) is 3.07. The Morgan fingerprint density at radius 3 is 2.78 bits per heavy atom. The van der Waals surface area contributed by atoms with Gasteiger partial charge in [0.15, 0.2) is 0 Å². The molecule has 1 atom stereocenters. The van der Waals surface area contributed by atoms with Crippen LogP contribution in [0.25, 0.3) is 0 Å². The van der Waals surface area contributed by atoms with Crippen LogP contribution in [0.1, 0.15) is 19.8 Å². The van der Waals surface area contributed by atoms with Crippen molar-refractivity contribution in [2.45, 2.75) is 19.8 Å². The van der Waals surface area contributed by atoms with Crippen molar-refractivity contribution in [2.75, 3.05) is 17.8 Å². The normalized spacial score (nSPS) is 21.8. The minimum absolute atomic E-state index is 0.425. The molecule has 18 heavy (non-hydrogen) atoms. The lowest BCUT2D eigenvalue weighted by Crippen LogP contribution is -2.42. The Balaban J connectivity index is 2.14. The lowest BCUT2D eigenvalue weighted by molar-refractivity contribution is 0.282. The molecular weight excluding hydrogens is 316 g/mol. The summed E-state index contributed by atoms with van der Waals surface area (Å²) in [7, 11) is -3.44. The molecule has 100 valence electrons. The quantitative estimate of drug-likeness (QED) is 0.925. The highest BCUT2D eigenvalue weighted by Gasteiger charge is 2.27. The number of halogens is 1. The highest BCUT2D eigenvalue weighted by atomic mass is 79.9. The highest BCUT2D eigenvalue weighted by molar-refractivity contribution is 9.10. The smallest absolute Gasteiger partial charge is 0.270 e. The van der Waals surface area contributed by atoms with Crippen molar-refractivity contribution in [1.82, 2.24) is 4.31 Å². The predicted molar refractivity (Wildman–Crippen MR) is 76.7 cm³/mol. The van der Waals surface area contributed by atoms with E-state index in [2.05, 4.69) is 27.6 Å². The number of hydrogen-bond donors (Lipinski definition) is 1. The van der Waals surface area contributed by atoms with Crippen LogP contribution in [-0.4, -0.2) is 25.8 Å². The Morgan fingerprint density at radius 1 is 1.39 bits per heavy atom. The van der Waals surface area contributed by atoms with E-state index >= 15 is 0 Å². The van der Waals surface area contributed by atoms with Gasteiger partial charge in [-0.2, -0.15) is 12.7 Å². The summed E-state index contributed by atoms with van der Waals surface area (Å²) < 4.78 is 29.4. The van der Waals surface area contributed by atoms with E-state index in [9.17, 15) is 8.42 Å². The van der Waals surface area contributed by atoms with Crippen molar-refractivity contribution in [2.24, 2.45) is 5.92 Å². The number of benzene rings is 1. The summed E-state index contributed by atoms with van der Waals surface area (Å²) in [6, 6.07) is 7.22. The summed E-state index contributed by atoms with van der Waals surface area (Å²) >= 11 is 3.34. The van der Waals surface area contributed by atoms with E-state index in [0.717, 1.165) is 17.3 Å². The van der Waals surface area contributed by atoms with Crippen LogP contribution in [0, 0.1) is 5.92 Å². The minimum Gasteiger partial charge on any atom is -0.270 e. The van der Waals surface area contributed by atoms with E-state index in [-0.39, 0.29) is 0 Å². The SMILES string of the molecule is CC1CCCN(S(=O)(=O)Nc2ccccc2Br)C1. The summed E-state index contributed by atoms with van der Waals surface area (Å²) in [5.41, 5.74) is 0.579. The van der Waals surface area contributed by atoms with Crippen molar-refractivity contribution >= 4 is 31.8 Å². The van der Waals surface area contributed by atoms with Gasteiger partial charge in [-0.15, -0.1) is 0 Å². The number of para-hydroxylation sites is 1. The maximum atomic E-state index is 12.2. The van der Waals surface area contributed by atoms with E-state index in [0.29, 0.717) is 24.7 Å². The topological polar surface area (TPSA) is 49.4 Å². The second-order valence-electron chi connectivity index (χ2n) is 4.69. The van der Waals surface area contributed by atoms with Gasteiger partial charge in [-0.25, -0.2) is 0 Å². The molecule has 0 radical (unpaired) electrons. The average Bonchev–Trinajstić information content (AvgIpc) is 2.32. The van der Waals surface area contributed by atoms with Gasteiger partial charge in [0.1, 0.15) is 0 Å². The van der Waals surface area contributed by atoms with Crippen LogP contribution < -0.4 is 4.72 Å². The zero-order valence-electron chi connectivity index (χ0n) is 10.3. The van der Waals surface area contributed by atoms with Crippen molar-refractivity contribution in [3.8, 4) is 0 Å². The number of hydrogen-bond acceptors (Lipinski definition) is 2. The van der Waals surface area contributed by atoms with Gasteiger partial charge in [0.05, 0.1) is 5.69 Å². The van der Waals surface area contributed by atoms with Gasteiger partial charge in [-0.1, -0.05) is 19.1 Å². The largest absolute Gasteiger partial charge is 0.301 e. The first-order valence-electron chi connectivity index (χ1n) is 6.01. The molecule has 0 aromatic heterocycles. The number of rotatable bonds is 3. The van der Waals surface area contributed by atoms with E-state index in [1.54, 1.807) is 12.1 Å². The van der Waals surface area contributed by atoms with E-state index in [1.807, 2.05) is 12.1 Å². The molecule has 0 amide bonds. The average molecular weight is 333 g/mol. The van der Waals surface area contributed by atoms with Gasteiger partial charge >= 0.3 is 10.2 Å². The molecule has 1 N–H and O–H groups in total. The molecule has 2 rings (SSSR count). The fourth-order valence-electron chi connectivity index (χ4n) is 2.11. The second kappa shape index (κ2) is 5.59. The van der Waals surface area contributed by atoms with Crippen molar-refractivity contribution in [3.05, 3.63) is 28.7 Å². The van der Waals surface area contributed by atoms with Crippen LogP contribution in [0.3, 0.4) is 0 Å². The molecule has 1 saturated heterocycles. The molecule has 6 heteroatoms. The predicted octanol–water partition coefficient (Wildman–Crippen LogP) is 2.84. The Labute approximate surface area is 117 Å². The molecule has 1 aliphatic rings. The van der Waals surface area contributed by atoms with Crippen LogP contribution in [0.4, 0.5) is 5.69 Å². The number of piperidine rings is 1. The number of nitrogens with one attached hydrogen (secondary N) is 1. The van der Waals surface area contributed by atoms with Crippen LogP contribution in [0.5, 0.6) is 0 Å². The summed E-state index contributed by atoms with van der Waals surface area (Å²) in [6.45, 7) is 3.28. The van der Waals surface area contributed by atoms with Gasteiger partial charge in [-0.05, 0) is 46.8 Å². The third-order valence-corrected chi connectivity index (χ3v) is 5.25. The van der Waals surface area contributed by atoms with Crippen molar-refractivity contribution in [1.29, 1.82) is 0 Å². The van der Waals surface area contributed by atoms with Crippen molar-refractivity contribution in [3.63, 3.8) is 0 Å². The van der Waals surface area contributed by atoms with E-state index in [4.69, 9.17) is 0 Å². The van der Waals surface area contributed by atoms with Crippen LogP contribution >= 0.6 is 15.9 Å². The third kappa shape index (κ3) is 3.24. The molecule has 1 unspecified atom stereocenters. The highest BCUT2D eigenvalue weighted by Crippen LogP contribution is 2.25. The lowest BCUT2D eigenvalue weighted by atomic mass is 10.0. The van der Waals surface area contributed by atoms with Gasteiger partial charge in [0.25, 0.3) is 0 Å². The van der Waals surface area contributed by atoms with E-state index in [1.165, 1.54) is 4.31 Å². The van der Waals surface area contributed by atoms with Gasteiger partial charge in [-0.3, -0.25) is 4.72 Å². The first-order valence-corrected chi connectivity index (χ1v) is 8.25. The molecule has 1 fully saturated rings. The second-order valence-corrected chi connectivity index (χ2v) is 7.22. The lowest BCUT2D eigenvalue weighted by Gasteiger charge is -2.30. The van der Waals surface area contributed by atoms with Gasteiger partial charge in [0.2, 0.25) is 0 Å². The summed E-state index contributed by atoms with van der Waals surface area (Å²) in [5.74, 6) is 0.425. The first-order chi connectivity index (χ1) is 8.49. The maximum absolute atomic E-state index is 12.2. The fraction of sp³-hybridized carbons (Fsp3) is 0.500. The summed E-state index contributed by atoms with van der Waals surface area (Å²) in [6.07, 6.45) is 2.03. The molecule has 1 aliphatic heterocycles. The molecule has 4 nitrogen and oxygen atoms in total. The molecule has 1 heterocycles. The number of anilines is 1. The van der Waals surface area contributed by atoms with Crippen molar-refractivity contribution < 1.29 is 8.42 Å². The summed E-state index contributed by atoms with van der Waals surface area (Å²) in [5, 5.41) is 0. The molecular formula is C12H17BrN2O2S. The van der Waals surface area contributed by atoms with Crippen LogP contribution in [0.2, 0.25) is 0 Å². The Kier molecular flexibility index (Phi) is 4.29. The minimum atomic E-state index is -3.44. The maximum Gasteiger partial charge on any atom is 0.301 e. The Bertz CT molecular complexity index is 519. The Hall–Kier alpha value is -0.590. The molecule has 0 saturated carbocycles. The monoisotopic (exact) mass is 332 g/mol. The van der Waals surface area contributed by atoms with Crippen LogP contribution in [-0.2, 0) is 10.2 Å². The molecule has 0 bridgehead atoms. The van der Waals surface area contributed by atoms with Crippen LogP contribution in [0.15, 0.2) is 28.7 Å². The standard InChI is InChI=1S/C12H17BrN2O2S/c1-10-5-4-8-15(9-10)18(16,17)14-12-7-3-2-6-11(12)13/h2-3,6-7,10,14H,4-5,8-9H2,1H3. The zero-order valence-corrected chi connectivity index (χ0v) is 12.7. The molecule has 1 aromatic carbocycles. The molecule has 0 aliphatic carbocycles. The fourth-order valence-corrected chi connectivity index (χ4v) is 4.03. The van der Waals surface area contributed by atoms with Gasteiger partial charge < -0.3 is 0 Å². The zero-order chi connectivity index (χ0) is 13.2. The molecule has 1 aromatic rings. The van der Waals surface area contributed by atoms with Gasteiger partial charge in [0, 0.05) is 17.6 Å². The first kappa shape index (κ1) is 13.8.